The standard InChI is InChI=1S/C24H26ClN5O3S2/c1-15(2)29-9-7-16(8-10-29)26-24(31)32-23-13-18(20-4-3-11-34-20)27-30(23)14-17-12-19(33-28-17)21-5-6-22(25)35-21/h3-6,11-13,15-16H,7-10,14H2,1-2H3,(H,26,31). The molecule has 0 aliphatic carbocycles. The third-order valence-electron chi connectivity index (χ3n) is 5.98. The van der Waals surface area contributed by atoms with E-state index in [1.54, 1.807) is 22.1 Å². The summed E-state index contributed by atoms with van der Waals surface area (Å²) in [4.78, 5) is 17.1. The number of ether oxygens (including phenoxy) is 1. The molecule has 5 heterocycles. The van der Waals surface area contributed by atoms with Crippen LogP contribution < -0.4 is 10.1 Å². The summed E-state index contributed by atoms with van der Waals surface area (Å²) in [6, 6.07) is 11.9. The Labute approximate surface area is 216 Å². The summed E-state index contributed by atoms with van der Waals surface area (Å²) in [6.45, 7) is 6.62. The van der Waals surface area contributed by atoms with Crippen molar-refractivity contribution in [3.63, 3.8) is 0 Å². The summed E-state index contributed by atoms with van der Waals surface area (Å²) in [5.41, 5.74) is 1.40. The van der Waals surface area contributed by atoms with Crippen molar-refractivity contribution in [3.05, 3.63) is 51.8 Å². The second kappa shape index (κ2) is 10.5. The molecule has 4 aromatic heterocycles. The Morgan fingerprint density at radius 3 is 2.77 bits per heavy atom. The molecule has 0 atom stereocenters. The maximum atomic E-state index is 12.8. The number of amides is 1. The van der Waals surface area contributed by atoms with Gasteiger partial charge in [-0.05, 0) is 50.3 Å². The lowest BCUT2D eigenvalue weighted by atomic mass is 10.0. The van der Waals surface area contributed by atoms with Gasteiger partial charge in [-0.1, -0.05) is 22.8 Å². The van der Waals surface area contributed by atoms with Crippen molar-refractivity contribution in [1.82, 2.24) is 25.2 Å². The van der Waals surface area contributed by atoms with Gasteiger partial charge in [-0.15, -0.1) is 22.7 Å². The molecule has 1 saturated heterocycles. The van der Waals surface area contributed by atoms with Crippen LogP contribution in [0.3, 0.4) is 0 Å². The highest BCUT2D eigenvalue weighted by Crippen LogP contribution is 2.32. The minimum atomic E-state index is -0.471. The van der Waals surface area contributed by atoms with Gasteiger partial charge in [0.05, 0.1) is 20.6 Å². The van der Waals surface area contributed by atoms with Crippen molar-refractivity contribution in [2.24, 2.45) is 0 Å². The van der Waals surface area contributed by atoms with E-state index in [2.05, 4.69) is 34.3 Å². The first-order chi connectivity index (χ1) is 16.9. The molecule has 5 rings (SSSR count). The predicted octanol–water partition coefficient (Wildman–Crippen LogP) is 5.99. The molecule has 1 amide bonds. The van der Waals surface area contributed by atoms with Crippen molar-refractivity contribution < 1.29 is 14.1 Å². The molecule has 0 spiro atoms. The van der Waals surface area contributed by atoms with Gasteiger partial charge >= 0.3 is 6.09 Å². The van der Waals surface area contributed by atoms with Crippen molar-refractivity contribution in [3.8, 4) is 27.1 Å². The van der Waals surface area contributed by atoms with E-state index in [0.29, 0.717) is 34.3 Å². The van der Waals surface area contributed by atoms with Gasteiger partial charge < -0.3 is 19.5 Å². The van der Waals surface area contributed by atoms with Gasteiger partial charge in [-0.2, -0.15) is 5.10 Å². The highest BCUT2D eigenvalue weighted by atomic mass is 35.5. The molecule has 35 heavy (non-hydrogen) atoms. The maximum absolute atomic E-state index is 12.8. The van der Waals surface area contributed by atoms with Crippen LogP contribution in [0.15, 0.2) is 46.3 Å². The molecule has 1 aliphatic rings. The molecule has 0 unspecified atom stereocenters. The Bertz CT molecular complexity index is 1270. The van der Waals surface area contributed by atoms with E-state index in [0.717, 1.165) is 41.4 Å². The maximum Gasteiger partial charge on any atom is 0.414 e. The van der Waals surface area contributed by atoms with Crippen molar-refractivity contribution in [2.75, 3.05) is 13.1 Å². The van der Waals surface area contributed by atoms with Crippen LogP contribution in [0.1, 0.15) is 32.4 Å². The van der Waals surface area contributed by atoms with Crippen molar-refractivity contribution in [1.29, 1.82) is 0 Å². The first-order valence-corrected chi connectivity index (χ1v) is 13.6. The van der Waals surface area contributed by atoms with E-state index in [4.69, 9.17) is 20.9 Å². The molecule has 1 aliphatic heterocycles. The van der Waals surface area contributed by atoms with Crippen LogP contribution in [0.25, 0.3) is 21.2 Å². The lowest BCUT2D eigenvalue weighted by Gasteiger charge is -2.34. The second-order valence-corrected chi connectivity index (χ2v) is 11.4. The molecule has 0 bridgehead atoms. The zero-order valence-corrected chi connectivity index (χ0v) is 21.8. The summed E-state index contributed by atoms with van der Waals surface area (Å²) in [6.07, 6.45) is 1.34. The largest absolute Gasteiger partial charge is 0.414 e. The first-order valence-electron chi connectivity index (χ1n) is 11.5. The zero-order valence-electron chi connectivity index (χ0n) is 19.4. The third-order valence-corrected chi connectivity index (χ3v) is 8.12. The van der Waals surface area contributed by atoms with Gasteiger partial charge in [0.1, 0.15) is 11.4 Å². The number of carbonyl (C=O) groups is 1. The van der Waals surface area contributed by atoms with E-state index >= 15 is 0 Å². The first kappa shape index (κ1) is 24.1. The van der Waals surface area contributed by atoms with Crippen LogP contribution in [0.5, 0.6) is 5.88 Å². The Hall–Kier alpha value is -2.66. The molecular weight excluding hydrogens is 506 g/mol. The predicted molar refractivity (Wildman–Crippen MR) is 138 cm³/mol. The normalized spacial score (nSPS) is 15.1. The Morgan fingerprint density at radius 2 is 2.09 bits per heavy atom. The van der Waals surface area contributed by atoms with E-state index in [-0.39, 0.29) is 6.04 Å². The van der Waals surface area contributed by atoms with Gasteiger partial charge in [0.2, 0.25) is 5.88 Å². The number of piperidine rings is 1. The second-order valence-electron chi connectivity index (χ2n) is 8.73. The quantitative estimate of drug-likeness (QED) is 0.315. The number of hydrogen-bond acceptors (Lipinski definition) is 8. The molecular formula is C24H26ClN5O3S2. The number of hydrogen-bond donors (Lipinski definition) is 1. The summed E-state index contributed by atoms with van der Waals surface area (Å²) in [7, 11) is 0. The summed E-state index contributed by atoms with van der Waals surface area (Å²) >= 11 is 9.04. The van der Waals surface area contributed by atoms with Crippen LogP contribution in [-0.4, -0.2) is 51.1 Å². The van der Waals surface area contributed by atoms with E-state index in [1.165, 1.54) is 11.3 Å². The van der Waals surface area contributed by atoms with Gasteiger partial charge in [-0.25, -0.2) is 9.48 Å². The third kappa shape index (κ3) is 5.78. The van der Waals surface area contributed by atoms with Crippen LogP contribution in [-0.2, 0) is 6.54 Å². The lowest BCUT2D eigenvalue weighted by molar-refractivity contribution is 0.151. The van der Waals surface area contributed by atoms with E-state index in [1.807, 2.05) is 35.7 Å². The molecule has 0 saturated carbocycles. The summed E-state index contributed by atoms with van der Waals surface area (Å²) in [5, 5.41) is 13.9. The molecule has 4 aromatic rings. The Kier molecular flexibility index (Phi) is 7.24. The molecule has 1 N–H and O–H groups in total. The number of nitrogens with zero attached hydrogens (tertiary/aromatic N) is 4. The molecule has 0 radical (unpaired) electrons. The number of aromatic nitrogens is 3. The fourth-order valence-electron chi connectivity index (χ4n) is 4.09. The molecule has 11 heteroatoms. The average Bonchev–Trinajstić information content (AvgIpc) is 3.62. The highest BCUT2D eigenvalue weighted by Gasteiger charge is 2.24. The minimum absolute atomic E-state index is 0.0985. The molecule has 8 nitrogen and oxygen atoms in total. The Morgan fingerprint density at radius 1 is 1.26 bits per heavy atom. The number of thiophene rings is 2. The monoisotopic (exact) mass is 531 g/mol. The Balaban J connectivity index is 1.30. The molecule has 1 fully saturated rings. The molecule has 0 aromatic carbocycles. The topological polar surface area (TPSA) is 85.4 Å². The zero-order chi connectivity index (χ0) is 24.4. The average molecular weight is 532 g/mol. The number of halogens is 1. The smallest absolute Gasteiger partial charge is 0.392 e. The van der Waals surface area contributed by atoms with Gasteiger partial charge in [0.15, 0.2) is 5.76 Å². The SMILES string of the molecule is CC(C)N1CCC(NC(=O)Oc2cc(-c3cccs3)nn2Cc2cc(-c3ccc(Cl)s3)on2)CC1. The van der Waals surface area contributed by atoms with Crippen LogP contribution in [0.4, 0.5) is 4.79 Å². The van der Waals surface area contributed by atoms with Crippen molar-refractivity contribution >= 4 is 40.4 Å². The van der Waals surface area contributed by atoms with Crippen LogP contribution >= 0.6 is 34.3 Å². The number of likely N-dealkylation sites (tertiary alicyclic amines) is 1. The number of rotatable bonds is 7. The van der Waals surface area contributed by atoms with Crippen molar-refractivity contribution in [2.45, 2.75) is 45.3 Å². The van der Waals surface area contributed by atoms with Crippen LogP contribution in [0.2, 0.25) is 4.34 Å². The summed E-state index contributed by atoms with van der Waals surface area (Å²) in [5.74, 6) is 0.990. The van der Waals surface area contributed by atoms with Crippen LogP contribution in [0, 0.1) is 0 Å². The number of carbonyl (C=O) groups excluding carboxylic acids is 1. The highest BCUT2D eigenvalue weighted by molar-refractivity contribution is 7.19. The van der Waals surface area contributed by atoms with E-state index in [9.17, 15) is 4.79 Å². The molecule has 184 valence electrons. The van der Waals surface area contributed by atoms with Gasteiger partial charge in [0.25, 0.3) is 0 Å². The van der Waals surface area contributed by atoms with Gasteiger partial charge in [-0.3, -0.25) is 0 Å². The lowest BCUT2D eigenvalue weighted by Crippen LogP contribution is -2.47. The van der Waals surface area contributed by atoms with Gasteiger partial charge in [0, 0.05) is 37.3 Å². The fraction of sp³-hybridized carbons (Fsp3) is 0.375. The number of nitrogens with one attached hydrogen (secondary N) is 1. The minimum Gasteiger partial charge on any atom is -0.392 e. The van der Waals surface area contributed by atoms with E-state index < -0.39 is 6.09 Å². The fourth-order valence-corrected chi connectivity index (χ4v) is 5.77. The summed E-state index contributed by atoms with van der Waals surface area (Å²) < 4.78 is 13.6.